The van der Waals surface area contributed by atoms with Crippen LogP contribution < -0.4 is 14.2 Å². The van der Waals surface area contributed by atoms with Crippen LogP contribution in [0.5, 0.6) is 17.2 Å². The number of carbonyl (C=O) groups excluding carboxylic acids is 1. The first kappa shape index (κ1) is 18.2. The molecular weight excluding hydrogens is 327 g/mol. The third-order valence-electron chi connectivity index (χ3n) is 4.08. The van der Waals surface area contributed by atoms with E-state index < -0.39 is 18.0 Å². The zero-order valence-electron chi connectivity index (χ0n) is 13.8. The van der Waals surface area contributed by atoms with Crippen molar-refractivity contribution in [2.75, 3.05) is 34.4 Å². The smallest absolute Gasteiger partial charge is 0.393 e. The van der Waals surface area contributed by atoms with Crippen LogP contribution >= 0.6 is 0 Å². The zero-order chi connectivity index (χ0) is 17.9. The van der Waals surface area contributed by atoms with Gasteiger partial charge in [-0.15, -0.1) is 0 Å². The fourth-order valence-electron chi connectivity index (χ4n) is 2.82. The molecule has 1 aliphatic heterocycles. The molecule has 0 unspecified atom stereocenters. The molecule has 24 heavy (non-hydrogen) atoms. The highest BCUT2D eigenvalue weighted by molar-refractivity contribution is 5.95. The van der Waals surface area contributed by atoms with Crippen molar-refractivity contribution in [2.24, 2.45) is 5.92 Å². The molecule has 5 nitrogen and oxygen atoms in total. The molecule has 1 atom stereocenters. The lowest BCUT2D eigenvalue weighted by molar-refractivity contribution is -0.184. The molecule has 0 N–H and O–H groups in total. The summed E-state index contributed by atoms with van der Waals surface area (Å²) in [6, 6.07) is 2.89. The van der Waals surface area contributed by atoms with Gasteiger partial charge in [0.2, 0.25) is 5.75 Å². The van der Waals surface area contributed by atoms with Crippen LogP contribution in [0.15, 0.2) is 12.1 Å². The van der Waals surface area contributed by atoms with E-state index >= 15 is 0 Å². The summed E-state index contributed by atoms with van der Waals surface area (Å²) in [6.45, 7) is -0.0406. The van der Waals surface area contributed by atoms with Crippen molar-refractivity contribution < 1.29 is 32.2 Å². The molecule has 1 saturated heterocycles. The van der Waals surface area contributed by atoms with E-state index in [-0.39, 0.29) is 30.0 Å². The summed E-state index contributed by atoms with van der Waals surface area (Å²) in [7, 11) is 4.25. The van der Waals surface area contributed by atoms with Gasteiger partial charge in [0.25, 0.3) is 5.91 Å². The molecule has 1 aromatic carbocycles. The maximum absolute atomic E-state index is 12.9. The van der Waals surface area contributed by atoms with Crippen LogP contribution in [0.3, 0.4) is 0 Å². The molecule has 1 aromatic rings. The van der Waals surface area contributed by atoms with E-state index in [4.69, 9.17) is 14.2 Å². The number of benzene rings is 1. The number of hydrogen-bond donors (Lipinski definition) is 0. The Kier molecular flexibility index (Phi) is 5.46. The van der Waals surface area contributed by atoms with Gasteiger partial charge in [-0.1, -0.05) is 0 Å². The normalized spacial score (nSPS) is 18.2. The number of amides is 1. The minimum absolute atomic E-state index is 0.0442. The Morgan fingerprint density at radius 1 is 1.12 bits per heavy atom. The number of nitrogens with zero attached hydrogens (tertiary/aromatic N) is 1. The second kappa shape index (κ2) is 7.19. The number of ether oxygens (including phenoxy) is 3. The molecule has 2 rings (SSSR count). The molecule has 1 amide bonds. The van der Waals surface area contributed by atoms with E-state index in [1.165, 1.54) is 38.4 Å². The van der Waals surface area contributed by atoms with Crippen molar-refractivity contribution >= 4 is 5.91 Å². The second-order valence-corrected chi connectivity index (χ2v) is 5.55. The molecule has 8 heteroatoms. The molecule has 134 valence electrons. The Bertz CT molecular complexity index is 578. The van der Waals surface area contributed by atoms with Crippen LogP contribution in [0.4, 0.5) is 13.2 Å². The predicted octanol–water partition coefficient (Wildman–Crippen LogP) is 3.13. The monoisotopic (exact) mass is 347 g/mol. The first-order valence-corrected chi connectivity index (χ1v) is 7.47. The molecule has 0 bridgehead atoms. The number of alkyl halides is 3. The predicted molar refractivity (Wildman–Crippen MR) is 80.8 cm³/mol. The quantitative estimate of drug-likeness (QED) is 0.840. The summed E-state index contributed by atoms with van der Waals surface area (Å²) in [5, 5.41) is 0. The minimum Gasteiger partial charge on any atom is -0.493 e. The molecule has 1 heterocycles. The van der Waals surface area contributed by atoms with Crippen LogP contribution in [0.25, 0.3) is 0 Å². The first-order chi connectivity index (χ1) is 11.3. The van der Waals surface area contributed by atoms with E-state index in [1.54, 1.807) is 0 Å². The van der Waals surface area contributed by atoms with Crippen molar-refractivity contribution in [1.29, 1.82) is 0 Å². The van der Waals surface area contributed by atoms with Gasteiger partial charge in [0.15, 0.2) is 11.5 Å². The van der Waals surface area contributed by atoms with Gasteiger partial charge in [0.1, 0.15) is 0 Å². The van der Waals surface area contributed by atoms with Crippen molar-refractivity contribution in [3.05, 3.63) is 17.7 Å². The summed E-state index contributed by atoms with van der Waals surface area (Å²) in [6.07, 6.45) is -3.93. The molecular formula is C16H20F3NO4. The number of halogens is 3. The molecule has 1 aliphatic rings. The highest BCUT2D eigenvalue weighted by Gasteiger charge is 2.42. The fourth-order valence-corrected chi connectivity index (χ4v) is 2.82. The van der Waals surface area contributed by atoms with Crippen molar-refractivity contribution in [1.82, 2.24) is 4.90 Å². The zero-order valence-corrected chi connectivity index (χ0v) is 13.8. The number of piperidine rings is 1. The topological polar surface area (TPSA) is 48.0 Å². The number of carbonyl (C=O) groups is 1. The summed E-state index contributed by atoms with van der Waals surface area (Å²) < 4.78 is 54.3. The van der Waals surface area contributed by atoms with Crippen molar-refractivity contribution in [2.45, 2.75) is 19.0 Å². The van der Waals surface area contributed by atoms with E-state index in [1.807, 2.05) is 0 Å². The van der Waals surface area contributed by atoms with Gasteiger partial charge in [0.05, 0.1) is 27.2 Å². The molecule has 0 spiro atoms. The van der Waals surface area contributed by atoms with E-state index in [9.17, 15) is 18.0 Å². The molecule has 0 saturated carbocycles. The maximum Gasteiger partial charge on any atom is 0.393 e. The van der Waals surface area contributed by atoms with Gasteiger partial charge in [-0.25, -0.2) is 0 Å². The Morgan fingerprint density at radius 2 is 1.71 bits per heavy atom. The largest absolute Gasteiger partial charge is 0.493 e. The Balaban J connectivity index is 2.29. The third kappa shape index (κ3) is 3.68. The summed E-state index contributed by atoms with van der Waals surface area (Å²) in [5.41, 5.74) is 0.201. The summed E-state index contributed by atoms with van der Waals surface area (Å²) >= 11 is 0. The minimum atomic E-state index is -4.30. The number of methoxy groups -OCH3 is 3. The van der Waals surface area contributed by atoms with E-state index in [2.05, 4.69) is 0 Å². The van der Waals surface area contributed by atoms with Gasteiger partial charge in [-0.05, 0) is 25.0 Å². The molecule has 0 aromatic heterocycles. The van der Waals surface area contributed by atoms with E-state index in [0.29, 0.717) is 18.7 Å². The lowest BCUT2D eigenvalue weighted by Crippen LogP contribution is -2.44. The van der Waals surface area contributed by atoms with Gasteiger partial charge >= 0.3 is 6.18 Å². The van der Waals surface area contributed by atoms with Crippen LogP contribution in [-0.2, 0) is 0 Å². The molecule has 0 aliphatic carbocycles. The second-order valence-electron chi connectivity index (χ2n) is 5.55. The Hall–Kier alpha value is -2.12. The van der Waals surface area contributed by atoms with E-state index in [0.717, 1.165) is 0 Å². The first-order valence-electron chi connectivity index (χ1n) is 7.47. The SMILES string of the molecule is COc1cc(C(=O)N2CCC[C@@H](C(F)(F)F)C2)cc(OC)c1OC. The number of hydrogen-bond acceptors (Lipinski definition) is 4. The lowest BCUT2D eigenvalue weighted by Gasteiger charge is -2.34. The standard InChI is InChI=1S/C16H20F3NO4/c1-22-12-7-10(8-13(23-2)14(12)24-3)15(21)20-6-4-5-11(9-20)16(17,18)19/h7-8,11H,4-6,9H2,1-3H3/t11-/m1/s1. The average molecular weight is 347 g/mol. The molecule has 0 radical (unpaired) electrons. The van der Waals surface area contributed by atoms with Gasteiger partial charge < -0.3 is 19.1 Å². The Labute approximate surface area is 138 Å². The van der Waals surface area contributed by atoms with Crippen LogP contribution in [0, 0.1) is 5.92 Å². The Morgan fingerprint density at radius 3 is 2.17 bits per heavy atom. The third-order valence-corrected chi connectivity index (χ3v) is 4.08. The average Bonchev–Trinajstić information content (AvgIpc) is 2.59. The summed E-state index contributed by atoms with van der Waals surface area (Å²) in [5.74, 6) is -1.09. The van der Waals surface area contributed by atoms with Gasteiger partial charge in [0, 0.05) is 18.7 Å². The molecule has 1 fully saturated rings. The maximum atomic E-state index is 12.9. The van der Waals surface area contributed by atoms with Crippen molar-refractivity contribution in [3.8, 4) is 17.2 Å². The highest BCUT2D eigenvalue weighted by Crippen LogP contribution is 2.39. The van der Waals surface area contributed by atoms with Gasteiger partial charge in [-0.3, -0.25) is 4.79 Å². The highest BCUT2D eigenvalue weighted by atomic mass is 19.4. The van der Waals surface area contributed by atoms with Crippen molar-refractivity contribution in [3.63, 3.8) is 0 Å². The van der Waals surface area contributed by atoms with Gasteiger partial charge in [-0.2, -0.15) is 13.2 Å². The lowest BCUT2D eigenvalue weighted by atomic mass is 9.97. The fraction of sp³-hybridized carbons (Fsp3) is 0.562. The number of likely N-dealkylation sites (tertiary alicyclic amines) is 1. The number of rotatable bonds is 4. The van der Waals surface area contributed by atoms with Crippen LogP contribution in [0.2, 0.25) is 0 Å². The van der Waals surface area contributed by atoms with Crippen LogP contribution in [-0.4, -0.2) is 51.4 Å². The summed E-state index contributed by atoms with van der Waals surface area (Å²) in [4.78, 5) is 13.8. The van der Waals surface area contributed by atoms with Crippen LogP contribution in [0.1, 0.15) is 23.2 Å².